The van der Waals surface area contributed by atoms with Crippen molar-refractivity contribution in [2.75, 3.05) is 0 Å². The third-order valence-electron chi connectivity index (χ3n) is 4.42. The Morgan fingerprint density at radius 3 is 2.45 bits per heavy atom. The second-order valence-corrected chi connectivity index (χ2v) is 6.75. The lowest BCUT2D eigenvalue weighted by Crippen LogP contribution is -2.33. The van der Waals surface area contributed by atoms with E-state index in [4.69, 9.17) is 4.74 Å². The zero-order valence-corrected chi connectivity index (χ0v) is 13.2. The minimum atomic E-state index is -0.835. The fourth-order valence-electron chi connectivity index (χ4n) is 3.51. The van der Waals surface area contributed by atoms with Crippen LogP contribution in [0.15, 0.2) is 16.6 Å². The number of carbonyl (C=O) groups is 2. The molecule has 106 valence electrons. The summed E-state index contributed by atoms with van der Waals surface area (Å²) >= 11 is 3.50. The molecule has 3 nitrogen and oxygen atoms in total. The molecule has 1 aromatic carbocycles. The summed E-state index contributed by atoms with van der Waals surface area (Å²) in [6.07, 6.45) is 3.27. The van der Waals surface area contributed by atoms with Crippen LogP contribution in [0, 0.1) is 13.8 Å². The molecule has 0 aromatic heterocycles. The highest BCUT2D eigenvalue weighted by atomic mass is 79.9. The molecule has 1 heterocycles. The third kappa shape index (κ3) is 1.93. The number of aryl methyl sites for hydroxylation is 2. The SMILES string of the molecule is Cc1cc(C)c(C2C(=O)OC3(CCCC3)C2=O)c(Br)c1. The van der Waals surface area contributed by atoms with Gasteiger partial charge in [-0.2, -0.15) is 0 Å². The third-order valence-corrected chi connectivity index (χ3v) is 5.08. The fourth-order valence-corrected chi connectivity index (χ4v) is 4.41. The van der Waals surface area contributed by atoms with Gasteiger partial charge in [0.05, 0.1) is 0 Å². The van der Waals surface area contributed by atoms with E-state index in [2.05, 4.69) is 15.9 Å². The standard InChI is InChI=1S/C16H17BrO3/c1-9-7-10(2)12(11(17)8-9)13-14(18)16(20-15(13)19)5-3-4-6-16/h7-8,13H,3-6H2,1-2H3. The van der Waals surface area contributed by atoms with Crippen LogP contribution in [0.3, 0.4) is 0 Å². The number of halogens is 1. The number of esters is 1. The predicted molar refractivity (Wildman–Crippen MR) is 78.7 cm³/mol. The first kappa shape index (κ1) is 13.8. The molecule has 20 heavy (non-hydrogen) atoms. The maximum absolute atomic E-state index is 12.8. The van der Waals surface area contributed by atoms with Gasteiger partial charge in [-0.3, -0.25) is 9.59 Å². The number of ketones is 1. The molecule has 1 atom stereocenters. The lowest BCUT2D eigenvalue weighted by atomic mass is 9.84. The average molecular weight is 337 g/mol. The van der Waals surface area contributed by atoms with Crippen molar-refractivity contribution in [2.45, 2.75) is 51.0 Å². The van der Waals surface area contributed by atoms with Crippen molar-refractivity contribution in [1.29, 1.82) is 0 Å². The van der Waals surface area contributed by atoms with Gasteiger partial charge in [0.15, 0.2) is 11.4 Å². The van der Waals surface area contributed by atoms with Crippen molar-refractivity contribution in [1.82, 2.24) is 0 Å². The van der Waals surface area contributed by atoms with Gasteiger partial charge in [-0.25, -0.2) is 0 Å². The molecule has 1 aliphatic carbocycles. The van der Waals surface area contributed by atoms with Gasteiger partial charge in [0.25, 0.3) is 0 Å². The van der Waals surface area contributed by atoms with E-state index in [0.717, 1.165) is 34.0 Å². The molecular weight excluding hydrogens is 320 g/mol. The van der Waals surface area contributed by atoms with Gasteiger partial charge in [0.2, 0.25) is 0 Å². The van der Waals surface area contributed by atoms with E-state index < -0.39 is 11.5 Å². The number of rotatable bonds is 1. The molecule has 2 aliphatic rings. The molecule has 0 N–H and O–H groups in total. The van der Waals surface area contributed by atoms with Crippen LogP contribution < -0.4 is 0 Å². The summed E-state index contributed by atoms with van der Waals surface area (Å²) in [5.41, 5.74) is 2.00. The molecule has 1 saturated heterocycles. The van der Waals surface area contributed by atoms with Crippen LogP contribution in [-0.2, 0) is 14.3 Å². The largest absolute Gasteiger partial charge is 0.450 e. The Kier molecular flexibility index (Phi) is 3.24. The van der Waals surface area contributed by atoms with Gasteiger partial charge in [-0.15, -0.1) is 0 Å². The Labute approximate surface area is 126 Å². The van der Waals surface area contributed by atoms with E-state index in [9.17, 15) is 9.59 Å². The van der Waals surface area contributed by atoms with Gasteiger partial charge in [-0.1, -0.05) is 22.0 Å². The molecule has 0 radical (unpaired) electrons. The lowest BCUT2D eigenvalue weighted by molar-refractivity contribution is -0.151. The smallest absolute Gasteiger partial charge is 0.322 e. The highest BCUT2D eigenvalue weighted by Gasteiger charge is 2.57. The number of carbonyl (C=O) groups excluding carboxylic acids is 2. The van der Waals surface area contributed by atoms with Crippen molar-refractivity contribution in [2.24, 2.45) is 0 Å². The molecule has 1 unspecified atom stereocenters. The average Bonchev–Trinajstić information content (AvgIpc) is 2.89. The Bertz CT molecular complexity index is 577. The van der Waals surface area contributed by atoms with E-state index >= 15 is 0 Å². The minimum absolute atomic E-state index is 0.0485. The van der Waals surface area contributed by atoms with Gasteiger partial charge in [0, 0.05) is 4.47 Å². The van der Waals surface area contributed by atoms with Gasteiger partial charge < -0.3 is 4.74 Å². The first-order valence-corrected chi connectivity index (χ1v) is 7.78. The zero-order chi connectivity index (χ0) is 14.5. The normalized spacial score (nSPS) is 24.4. The maximum atomic E-state index is 12.8. The molecule has 1 saturated carbocycles. The van der Waals surface area contributed by atoms with Crippen molar-refractivity contribution in [3.63, 3.8) is 0 Å². The Morgan fingerprint density at radius 1 is 1.20 bits per heavy atom. The molecule has 1 aliphatic heterocycles. The summed E-state index contributed by atoms with van der Waals surface area (Å²) in [7, 11) is 0. The van der Waals surface area contributed by atoms with Crippen LogP contribution in [0.25, 0.3) is 0 Å². The van der Waals surface area contributed by atoms with E-state index in [0.29, 0.717) is 12.8 Å². The summed E-state index contributed by atoms with van der Waals surface area (Å²) in [6, 6.07) is 3.95. The van der Waals surface area contributed by atoms with E-state index in [1.54, 1.807) is 0 Å². The molecule has 0 bridgehead atoms. The zero-order valence-electron chi connectivity index (χ0n) is 11.7. The fraction of sp³-hybridized carbons (Fsp3) is 0.500. The van der Waals surface area contributed by atoms with Crippen LogP contribution >= 0.6 is 15.9 Å². The number of hydrogen-bond acceptors (Lipinski definition) is 3. The van der Waals surface area contributed by atoms with E-state index in [-0.39, 0.29) is 11.8 Å². The molecule has 4 heteroatoms. The van der Waals surface area contributed by atoms with Gasteiger partial charge >= 0.3 is 5.97 Å². The molecule has 0 amide bonds. The van der Waals surface area contributed by atoms with Crippen molar-refractivity contribution in [3.05, 3.63) is 33.3 Å². The monoisotopic (exact) mass is 336 g/mol. The summed E-state index contributed by atoms with van der Waals surface area (Å²) < 4.78 is 6.34. The highest BCUT2D eigenvalue weighted by molar-refractivity contribution is 9.10. The summed E-state index contributed by atoms with van der Waals surface area (Å²) in [5.74, 6) is -1.19. The van der Waals surface area contributed by atoms with Crippen molar-refractivity contribution >= 4 is 27.7 Å². The second kappa shape index (κ2) is 4.69. The van der Waals surface area contributed by atoms with Crippen LogP contribution in [0.5, 0.6) is 0 Å². The van der Waals surface area contributed by atoms with Crippen molar-refractivity contribution in [3.8, 4) is 0 Å². The summed E-state index contributed by atoms with van der Waals surface area (Å²) in [4.78, 5) is 25.0. The second-order valence-electron chi connectivity index (χ2n) is 5.90. The maximum Gasteiger partial charge on any atom is 0.322 e. The van der Waals surface area contributed by atoms with E-state index in [1.165, 1.54) is 0 Å². The van der Waals surface area contributed by atoms with Crippen LogP contribution in [-0.4, -0.2) is 17.4 Å². The van der Waals surface area contributed by atoms with Gasteiger partial charge in [0.1, 0.15) is 5.92 Å². The predicted octanol–water partition coefficient (Wildman–Crippen LogP) is 3.59. The molecule has 1 spiro atoms. The van der Waals surface area contributed by atoms with Crippen molar-refractivity contribution < 1.29 is 14.3 Å². The van der Waals surface area contributed by atoms with Crippen LogP contribution in [0.4, 0.5) is 0 Å². The molecule has 3 rings (SSSR count). The number of hydrogen-bond donors (Lipinski definition) is 0. The minimum Gasteiger partial charge on any atom is -0.450 e. The quantitative estimate of drug-likeness (QED) is 0.581. The number of ether oxygens (including phenoxy) is 1. The Morgan fingerprint density at radius 2 is 1.85 bits per heavy atom. The number of Topliss-reactive ketones (excluding diaryl/α,β-unsaturated/α-hetero) is 1. The topological polar surface area (TPSA) is 43.4 Å². The molecular formula is C16H17BrO3. The first-order chi connectivity index (χ1) is 9.44. The van der Waals surface area contributed by atoms with Crippen LogP contribution in [0.2, 0.25) is 0 Å². The first-order valence-electron chi connectivity index (χ1n) is 6.98. The molecule has 2 fully saturated rings. The van der Waals surface area contributed by atoms with E-state index in [1.807, 2.05) is 26.0 Å². The Hall–Kier alpha value is -1.16. The summed E-state index contributed by atoms with van der Waals surface area (Å²) in [6.45, 7) is 3.93. The molecule has 1 aromatic rings. The highest BCUT2D eigenvalue weighted by Crippen LogP contribution is 2.46. The van der Waals surface area contributed by atoms with Crippen LogP contribution in [0.1, 0.15) is 48.3 Å². The number of benzene rings is 1. The lowest BCUT2D eigenvalue weighted by Gasteiger charge is -2.19. The Balaban J connectivity index is 2.07. The summed E-state index contributed by atoms with van der Waals surface area (Å²) in [5, 5.41) is 0. The van der Waals surface area contributed by atoms with Gasteiger partial charge in [-0.05, 0) is 62.3 Å².